The lowest BCUT2D eigenvalue weighted by Gasteiger charge is -2.24. The van der Waals surface area contributed by atoms with Gasteiger partial charge in [-0.25, -0.2) is 0 Å². The zero-order valence-corrected chi connectivity index (χ0v) is 13.6. The lowest BCUT2D eigenvalue weighted by atomic mass is 10.0. The van der Waals surface area contributed by atoms with E-state index in [1.807, 2.05) is 38.1 Å². The minimum absolute atomic E-state index is 0.137. The SMILES string of the molecule is CC(C)Oc1ccc2nccc(NC[C@H]3CCCC(=O)N3)c2c1. The number of rotatable bonds is 5. The van der Waals surface area contributed by atoms with E-state index < -0.39 is 0 Å². The number of carbonyl (C=O) groups excluding carboxylic acids is 1. The van der Waals surface area contributed by atoms with Crippen LogP contribution >= 0.6 is 0 Å². The van der Waals surface area contributed by atoms with Gasteiger partial charge in [-0.1, -0.05) is 0 Å². The van der Waals surface area contributed by atoms with Crippen molar-refractivity contribution in [2.75, 3.05) is 11.9 Å². The average Bonchev–Trinajstić information content (AvgIpc) is 2.52. The summed E-state index contributed by atoms with van der Waals surface area (Å²) in [5.74, 6) is 0.991. The van der Waals surface area contributed by atoms with Crippen LogP contribution in [0.15, 0.2) is 30.5 Å². The fourth-order valence-corrected chi connectivity index (χ4v) is 2.89. The highest BCUT2D eigenvalue weighted by Crippen LogP contribution is 2.26. The topological polar surface area (TPSA) is 63.2 Å². The minimum atomic E-state index is 0.137. The van der Waals surface area contributed by atoms with Crippen molar-refractivity contribution in [2.45, 2.75) is 45.3 Å². The van der Waals surface area contributed by atoms with Gasteiger partial charge in [0.1, 0.15) is 5.75 Å². The second-order valence-corrected chi connectivity index (χ2v) is 6.24. The number of nitrogens with one attached hydrogen (secondary N) is 2. The second-order valence-electron chi connectivity index (χ2n) is 6.24. The Bertz CT molecular complexity index is 700. The number of amides is 1. The van der Waals surface area contributed by atoms with E-state index in [1.54, 1.807) is 6.20 Å². The fraction of sp³-hybridized carbons (Fsp3) is 0.444. The van der Waals surface area contributed by atoms with Crippen LogP contribution in [0.3, 0.4) is 0 Å². The number of pyridine rings is 1. The van der Waals surface area contributed by atoms with E-state index in [-0.39, 0.29) is 18.1 Å². The van der Waals surface area contributed by atoms with Gasteiger partial charge < -0.3 is 15.4 Å². The van der Waals surface area contributed by atoms with E-state index in [2.05, 4.69) is 15.6 Å². The molecule has 1 amide bonds. The lowest BCUT2D eigenvalue weighted by Crippen LogP contribution is -2.42. The van der Waals surface area contributed by atoms with E-state index in [9.17, 15) is 4.79 Å². The van der Waals surface area contributed by atoms with Gasteiger partial charge in [-0.05, 0) is 51.0 Å². The molecule has 5 nitrogen and oxygen atoms in total. The maximum atomic E-state index is 11.5. The molecule has 1 atom stereocenters. The average molecular weight is 313 g/mol. The number of aromatic nitrogens is 1. The molecule has 2 heterocycles. The minimum Gasteiger partial charge on any atom is -0.491 e. The molecule has 1 fully saturated rings. The molecule has 1 aromatic carbocycles. The monoisotopic (exact) mass is 313 g/mol. The van der Waals surface area contributed by atoms with Gasteiger partial charge in [-0.3, -0.25) is 9.78 Å². The number of carbonyl (C=O) groups is 1. The number of hydrogen-bond donors (Lipinski definition) is 2. The molecule has 1 saturated heterocycles. The van der Waals surface area contributed by atoms with Crippen molar-refractivity contribution in [1.29, 1.82) is 0 Å². The molecule has 23 heavy (non-hydrogen) atoms. The highest BCUT2D eigenvalue weighted by atomic mass is 16.5. The van der Waals surface area contributed by atoms with Crippen molar-refractivity contribution in [2.24, 2.45) is 0 Å². The molecule has 2 aromatic rings. The predicted molar refractivity (Wildman–Crippen MR) is 91.8 cm³/mol. The lowest BCUT2D eigenvalue weighted by molar-refractivity contribution is -0.123. The van der Waals surface area contributed by atoms with Gasteiger partial charge in [-0.2, -0.15) is 0 Å². The zero-order chi connectivity index (χ0) is 16.2. The quantitative estimate of drug-likeness (QED) is 0.890. The van der Waals surface area contributed by atoms with Crippen LogP contribution in [0.5, 0.6) is 5.75 Å². The van der Waals surface area contributed by atoms with Crippen molar-refractivity contribution in [1.82, 2.24) is 10.3 Å². The summed E-state index contributed by atoms with van der Waals surface area (Å²) in [6.07, 6.45) is 4.56. The van der Waals surface area contributed by atoms with E-state index in [4.69, 9.17) is 4.74 Å². The molecule has 3 rings (SSSR count). The summed E-state index contributed by atoms with van der Waals surface area (Å²) in [6, 6.07) is 8.09. The molecule has 0 aliphatic carbocycles. The van der Waals surface area contributed by atoms with Crippen LogP contribution in [0.1, 0.15) is 33.1 Å². The van der Waals surface area contributed by atoms with Crippen molar-refractivity contribution >= 4 is 22.5 Å². The van der Waals surface area contributed by atoms with Crippen LogP contribution < -0.4 is 15.4 Å². The molecule has 0 unspecified atom stereocenters. The molecular formula is C18H23N3O2. The molecule has 0 spiro atoms. The molecule has 0 bridgehead atoms. The van der Waals surface area contributed by atoms with Gasteiger partial charge in [0.05, 0.1) is 11.6 Å². The fourth-order valence-electron chi connectivity index (χ4n) is 2.89. The number of benzene rings is 1. The highest BCUT2D eigenvalue weighted by molar-refractivity contribution is 5.92. The summed E-state index contributed by atoms with van der Waals surface area (Å²) < 4.78 is 5.77. The summed E-state index contributed by atoms with van der Waals surface area (Å²) in [5.41, 5.74) is 1.95. The van der Waals surface area contributed by atoms with Crippen LogP contribution in [-0.2, 0) is 4.79 Å². The van der Waals surface area contributed by atoms with Crippen LogP contribution in [0.2, 0.25) is 0 Å². The Hall–Kier alpha value is -2.30. The van der Waals surface area contributed by atoms with Gasteiger partial charge in [0.2, 0.25) is 5.91 Å². The largest absolute Gasteiger partial charge is 0.491 e. The number of ether oxygens (including phenoxy) is 1. The van der Waals surface area contributed by atoms with E-state index >= 15 is 0 Å². The molecule has 122 valence electrons. The molecule has 1 aromatic heterocycles. The molecule has 5 heteroatoms. The van der Waals surface area contributed by atoms with E-state index in [1.165, 1.54) is 0 Å². The molecule has 1 aliphatic heterocycles. The maximum absolute atomic E-state index is 11.5. The first-order valence-corrected chi connectivity index (χ1v) is 8.20. The summed E-state index contributed by atoms with van der Waals surface area (Å²) >= 11 is 0. The number of hydrogen-bond acceptors (Lipinski definition) is 4. The van der Waals surface area contributed by atoms with Gasteiger partial charge in [0, 0.05) is 36.3 Å². The number of nitrogens with zero attached hydrogens (tertiary/aromatic N) is 1. The van der Waals surface area contributed by atoms with Crippen molar-refractivity contribution in [3.63, 3.8) is 0 Å². The first-order chi connectivity index (χ1) is 11.1. The molecule has 1 aliphatic rings. The number of anilines is 1. The summed E-state index contributed by atoms with van der Waals surface area (Å²) in [4.78, 5) is 15.9. The molecule has 0 radical (unpaired) electrons. The normalized spacial score (nSPS) is 18.0. The third-order valence-electron chi connectivity index (χ3n) is 3.95. The van der Waals surface area contributed by atoms with Crippen LogP contribution in [-0.4, -0.2) is 29.6 Å². The maximum Gasteiger partial charge on any atom is 0.220 e. The Balaban J connectivity index is 1.77. The van der Waals surface area contributed by atoms with Crippen LogP contribution in [0.25, 0.3) is 10.9 Å². The first kappa shape index (κ1) is 15.6. The van der Waals surface area contributed by atoms with Crippen molar-refractivity contribution < 1.29 is 9.53 Å². The summed E-state index contributed by atoms with van der Waals surface area (Å²) in [6.45, 7) is 4.75. The molecular weight excluding hydrogens is 290 g/mol. The summed E-state index contributed by atoms with van der Waals surface area (Å²) in [7, 11) is 0. The van der Waals surface area contributed by atoms with Crippen molar-refractivity contribution in [3.05, 3.63) is 30.5 Å². The van der Waals surface area contributed by atoms with E-state index in [0.717, 1.165) is 41.7 Å². The Labute approximate surface area is 136 Å². The first-order valence-electron chi connectivity index (χ1n) is 8.20. The zero-order valence-electron chi connectivity index (χ0n) is 13.6. The third-order valence-corrected chi connectivity index (χ3v) is 3.95. The Kier molecular flexibility index (Phi) is 4.65. The molecule has 0 saturated carbocycles. The Morgan fingerprint density at radius 3 is 3.04 bits per heavy atom. The molecule has 2 N–H and O–H groups in total. The number of piperidine rings is 1. The standard InChI is InChI=1S/C18H23N3O2/c1-12(2)23-14-6-7-16-15(10-14)17(8-9-19-16)20-11-13-4-3-5-18(22)21-13/h6-10,12-13H,3-5,11H2,1-2H3,(H,19,20)(H,21,22)/t13-/m1/s1. The predicted octanol–water partition coefficient (Wildman–Crippen LogP) is 3.10. The van der Waals surface area contributed by atoms with Gasteiger partial charge in [-0.15, -0.1) is 0 Å². The van der Waals surface area contributed by atoms with E-state index in [0.29, 0.717) is 6.42 Å². The van der Waals surface area contributed by atoms with Crippen LogP contribution in [0, 0.1) is 0 Å². The Morgan fingerprint density at radius 2 is 2.26 bits per heavy atom. The number of fused-ring (bicyclic) bond motifs is 1. The van der Waals surface area contributed by atoms with Gasteiger partial charge >= 0.3 is 0 Å². The smallest absolute Gasteiger partial charge is 0.220 e. The van der Waals surface area contributed by atoms with Gasteiger partial charge in [0.25, 0.3) is 0 Å². The Morgan fingerprint density at radius 1 is 1.39 bits per heavy atom. The third kappa shape index (κ3) is 3.92. The van der Waals surface area contributed by atoms with Crippen LogP contribution in [0.4, 0.5) is 5.69 Å². The second kappa shape index (κ2) is 6.86. The van der Waals surface area contributed by atoms with Gasteiger partial charge in [0.15, 0.2) is 0 Å². The summed E-state index contributed by atoms with van der Waals surface area (Å²) in [5, 5.41) is 7.51. The van der Waals surface area contributed by atoms with Crippen molar-refractivity contribution in [3.8, 4) is 5.75 Å². The highest BCUT2D eigenvalue weighted by Gasteiger charge is 2.17.